The van der Waals surface area contributed by atoms with Crippen molar-refractivity contribution >= 4 is 0 Å². The first kappa shape index (κ1) is 14.9. The molecule has 0 radical (unpaired) electrons. The van der Waals surface area contributed by atoms with Gasteiger partial charge in [0.25, 0.3) is 0 Å². The zero-order valence-electron chi connectivity index (χ0n) is 13.2. The maximum Gasteiger partial charge on any atom is 0.123 e. The lowest BCUT2D eigenvalue weighted by atomic mass is 9.91. The van der Waals surface area contributed by atoms with E-state index < -0.39 is 0 Å². The standard InChI is InChI=1S/C18H28N2O/c1-21-18-7-6-15(11-16-5-4-8-19-13-16)12-17(18)14-20-9-2-3-10-20/h6-7,12,16,19H,2-5,8-11,13-14H2,1H3. The Morgan fingerprint density at radius 1 is 1.24 bits per heavy atom. The molecule has 0 aliphatic carbocycles. The number of hydrogen-bond donors (Lipinski definition) is 1. The van der Waals surface area contributed by atoms with E-state index in [1.54, 1.807) is 7.11 Å². The number of nitrogens with one attached hydrogen (secondary N) is 1. The van der Waals surface area contributed by atoms with Crippen LogP contribution in [0.1, 0.15) is 36.8 Å². The summed E-state index contributed by atoms with van der Waals surface area (Å²) in [6.45, 7) is 5.88. The number of hydrogen-bond acceptors (Lipinski definition) is 3. The van der Waals surface area contributed by atoms with Crippen LogP contribution in [0.3, 0.4) is 0 Å². The summed E-state index contributed by atoms with van der Waals surface area (Å²) in [7, 11) is 1.79. The highest BCUT2D eigenvalue weighted by Crippen LogP contribution is 2.25. The Hall–Kier alpha value is -1.06. The van der Waals surface area contributed by atoms with Gasteiger partial charge in [0.2, 0.25) is 0 Å². The molecule has 3 nitrogen and oxygen atoms in total. The van der Waals surface area contributed by atoms with E-state index >= 15 is 0 Å². The highest BCUT2D eigenvalue weighted by Gasteiger charge is 2.17. The molecule has 2 aliphatic heterocycles. The second kappa shape index (κ2) is 7.28. The van der Waals surface area contributed by atoms with E-state index in [0.717, 1.165) is 18.2 Å². The minimum atomic E-state index is 0.798. The molecule has 2 aliphatic rings. The topological polar surface area (TPSA) is 24.5 Å². The SMILES string of the molecule is COc1ccc(CC2CCCNC2)cc1CN1CCCC1. The van der Waals surface area contributed by atoms with Gasteiger partial charge in [-0.3, -0.25) is 4.90 Å². The van der Waals surface area contributed by atoms with E-state index in [1.165, 1.54) is 69.4 Å². The average molecular weight is 288 g/mol. The van der Waals surface area contributed by atoms with Gasteiger partial charge in [0.1, 0.15) is 5.75 Å². The molecule has 0 bridgehead atoms. The van der Waals surface area contributed by atoms with E-state index in [2.05, 4.69) is 28.4 Å². The van der Waals surface area contributed by atoms with Gasteiger partial charge in [0.05, 0.1) is 7.11 Å². The minimum Gasteiger partial charge on any atom is -0.496 e. The number of likely N-dealkylation sites (tertiary alicyclic amines) is 1. The third-order valence-electron chi connectivity index (χ3n) is 4.86. The summed E-state index contributed by atoms with van der Waals surface area (Å²) in [5.41, 5.74) is 2.83. The Morgan fingerprint density at radius 3 is 2.81 bits per heavy atom. The zero-order chi connectivity index (χ0) is 14.5. The van der Waals surface area contributed by atoms with E-state index in [-0.39, 0.29) is 0 Å². The monoisotopic (exact) mass is 288 g/mol. The number of nitrogens with zero attached hydrogens (tertiary/aromatic N) is 1. The molecular weight excluding hydrogens is 260 g/mol. The molecule has 2 heterocycles. The number of rotatable bonds is 5. The molecule has 2 fully saturated rings. The third kappa shape index (κ3) is 3.98. The second-order valence-corrected chi connectivity index (χ2v) is 6.55. The van der Waals surface area contributed by atoms with Crippen LogP contribution >= 0.6 is 0 Å². The maximum atomic E-state index is 5.56. The molecule has 3 heteroatoms. The van der Waals surface area contributed by atoms with E-state index in [0.29, 0.717) is 0 Å². The average Bonchev–Trinajstić information content (AvgIpc) is 3.02. The lowest BCUT2D eigenvalue weighted by Gasteiger charge is -2.23. The van der Waals surface area contributed by atoms with Crippen LogP contribution in [0.5, 0.6) is 5.75 Å². The Balaban J connectivity index is 1.69. The molecule has 0 amide bonds. The summed E-state index contributed by atoms with van der Waals surface area (Å²) in [6, 6.07) is 6.80. The maximum absolute atomic E-state index is 5.56. The predicted molar refractivity (Wildman–Crippen MR) is 86.8 cm³/mol. The Kier molecular flexibility index (Phi) is 5.15. The summed E-state index contributed by atoms with van der Waals surface area (Å²) in [5.74, 6) is 1.85. The van der Waals surface area contributed by atoms with Crippen molar-refractivity contribution in [3.05, 3.63) is 29.3 Å². The minimum absolute atomic E-state index is 0.798. The van der Waals surface area contributed by atoms with Gasteiger partial charge >= 0.3 is 0 Å². The van der Waals surface area contributed by atoms with Gasteiger partial charge in [-0.15, -0.1) is 0 Å². The number of benzene rings is 1. The normalized spacial score (nSPS) is 23.4. The number of methoxy groups -OCH3 is 1. The number of piperidine rings is 1. The van der Waals surface area contributed by atoms with Crippen LogP contribution in [0.2, 0.25) is 0 Å². The third-order valence-corrected chi connectivity index (χ3v) is 4.86. The summed E-state index contributed by atoms with van der Waals surface area (Å²) < 4.78 is 5.56. The molecule has 3 rings (SSSR count). The lowest BCUT2D eigenvalue weighted by molar-refractivity contribution is 0.320. The van der Waals surface area contributed by atoms with Crippen LogP contribution in [0.25, 0.3) is 0 Å². The quantitative estimate of drug-likeness (QED) is 0.901. The largest absolute Gasteiger partial charge is 0.496 e. The zero-order valence-corrected chi connectivity index (χ0v) is 13.2. The van der Waals surface area contributed by atoms with Crippen molar-refractivity contribution in [3.63, 3.8) is 0 Å². The van der Waals surface area contributed by atoms with Crippen molar-refractivity contribution in [2.24, 2.45) is 5.92 Å². The van der Waals surface area contributed by atoms with Gasteiger partial charge in [-0.2, -0.15) is 0 Å². The summed E-state index contributed by atoms with van der Waals surface area (Å²) >= 11 is 0. The first-order chi connectivity index (χ1) is 10.3. The van der Waals surface area contributed by atoms with Crippen molar-refractivity contribution in [3.8, 4) is 5.75 Å². The molecular formula is C18H28N2O. The number of ether oxygens (including phenoxy) is 1. The van der Waals surface area contributed by atoms with Crippen molar-refractivity contribution < 1.29 is 4.74 Å². The van der Waals surface area contributed by atoms with Crippen molar-refractivity contribution in [2.75, 3.05) is 33.3 Å². The van der Waals surface area contributed by atoms with Crippen molar-refractivity contribution in [1.82, 2.24) is 10.2 Å². The highest BCUT2D eigenvalue weighted by atomic mass is 16.5. The van der Waals surface area contributed by atoms with E-state index in [9.17, 15) is 0 Å². The fourth-order valence-corrected chi connectivity index (χ4v) is 3.70. The van der Waals surface area contributed by atoms with Crippen LogP contribution in [0, 0.1) is 5.92 Å². The molecule has 2 saturated heterocycles. The molecule has 1 unspecified atom stereocenters. The van der Waals surface area contributed by atoms with Gasteiger partial charge in [0, 0.05) is 12.1 Å². The summed E-state index contributed by atoms with van der Waals surface area (Å²) in [6.07, 6.45) is 6.57. The fourth-order valence-electron chi connectivity index (χ4n) is 3.70. The fraction of sp³-hybridized carbons (Fsp3) is 0.667. The van der Waals surface area contributed by atoms with Gasteiger partial charge < -0.3 is 10.1 Å². The molecule has 1 aromatic carbocycles. The van der Waals surface area contributed by atoms with Crippen LogP contribution in [0.4, 0.5) is 0 Å². The van der Waals surface area contributed by atoms with Crippen LogP contribution in [-0.2, 0) is 13.0 Å². The highest BCUT2D eigenvalue weighted by molar-refractivity contribution is 5.37. The van der Waals surface area contributed by atoms with Crippen molar-refractivity contribution in [1.29, 1.82) is 0 Å². The Labute approximate surface area is 128 Å². The predicted octanol–water partition coefficient (Wildman–Crippen LogP) is 2.83. The van der Waals surface area contributed by atoms with Gasteiger partial charge in [-0.05, 0) is 75.8 Å². The molecule has 1 aromatic rings. The second-order valence-electron chi connectivity index (χ2n) is 6.55. The van der Waals surface area contributed by atoms with Gasteiger partial charge in [-0.1, -0.05) is 12.1 Å². The molecule has 1 atom stereocenters. The molecule has 1 N–H and O–H groups in total. The van der Waals surface area contributed by atoms with Gasteiger partial charge in [-0.25, -0.2) is 0 Å². The van der Waals surface area contributed by atoms with Crippen LogP contribution in [0.15, 0.2) is 18.2 Å². The first-order valence-corrected chi connectivity index (χ1v) is 8.44. The van der Waals surface area contributed by atoms with Crippen molar-refractivity contribution in [2.45, 2.75) is 38.6 Å². The summed E-state index contributed by atoms with van der Waals surface area (Å²) in [4.78, 5) is 2.55. The Morgan fingerprint density at radius 2 is 2.10 bits per heavy atom. The molecule has 116 valence electrons. The van der Waals surface area contributed by atoms with E-state index in [1.807, 2.05) is 0 Å². The van der Waals surface area contributed by atoms with Crippen LogP contribution in [-0.4, -0.2) is 38.2 Å². The molecule has 0 spiro atoms. The van der Waals surface area contributed by atoms with E-state index in [4.69, 9.17) is 4.74 Å². The molecule has 0 aromatic heterocycles. The van der Waals surface area contributed by atoms with Gasteiger partial charge in [0.15, 0.2) is 0 Å². The molecule has 0 saturated carbocycles. The summed E-state index contributed by atoms with van der Waals surface area (Å²) in [5, 5.41) is 3.52. The Bertz CT molecular complexity index is 449. The first-order valence-electron chi connectivity index (χ1n) is 8.44. The van der Waals surface area contributed by atoms with Crippen LogP contribution < -0.4 is 10.1 Å². The molecule has 21 heavy (non-hydrogen) atoms. The lowest BCUT2D eigenvalue weighted by Crippen LogP contribution is -2.30. The smallest absolute Gasteiger partial charge is 0.123 e.